The van der Waals surface area contributed by atoms with E-state index < -0.39 is 15.8 Å². The molecule has 1 aromatic rings. The third-order valence-corrected chi connectivity index (χ3v) is 4.48. The number of nitrogens with two attached hydrogens (primary N) is 1. The maximum Gasteiger partial charge on any atom is 0.235 e. The topological polar surface area (TPSA) is 63.4 Å². The largest absolute Gasteiger partial charge is 0.326 e. The van der Waals surface area contributed by atoms with Crippen LogP contribution in [0.15, 0.2) is 18.2 Å². The van der Waals surface area contributed by atoms with Crippen molar-refractivity contribution in [1.82, 2.24) is 0 Å². The number of hydrogen-bond acceptors (Lipinski definition) is 3. The Balaban J connectivity index is 2.48. The summed E-state index contributed by atoms with van der Waals surface area (Å²) in [6.07, 6.45) is 0.601. The van der Waals surface area contributed by atoms with E-state index >= 15 is 0 Å². The summed E-state index contributed by atoms with van der Waals surface area (Å²) in [6.45, 7) is 0.570. The SMILES string of the molecule is NCc1cc(F)ccc1N1CCCS1(=O)=O. The third-order valence-electron chi connectivity index (χ3n) is 2.63. The van der Waals surface area contributed by atoms with Gasteiger partial charge in [0.25, 0.3) is 0 Å². The van der Waals surface area contributed by atoms with Crippen LogP contribution in [0.2, 0.25) is 0 Å². The van der Waals surface area contributed by atoms with Crippen LogP contribution in [0.5, 0.6) is 0 Å². The molecule has 88 valence electrons. The Morgan fingerprint density at radius 3 is 2.75 bits per heavy atom. The molecule has 0 bridgehead atoms. The normalized spacial score (nSPS) is 19.0. The van der Waals surface area contributed by atoms with Crippen LogP contribution in [-0.4, -0.2) is 20.7 Å². The maximum absolute atomic E-state index is 13.0. The average Bonchev–Trinajstić information content (AvgIpc) is 2.58. The van der Waals surface area contributed by atoms with Gasteiger partial charge in [-0.15, -0.1) is 0 Å². The molecule has 0 unspecified atom stereocenters. The zero-order valence-electron chi connectivity index (χ0n) is 8.69. The van der Waals surface area contributed by atoms with Crippen molar-refractivity contribution >= 4 is 15.7 Å². The van der Waals surface area contributed by atoms with Crippen LogP contribution in [0.25, 0.3) is 0 Å². The van der Waals surface area contributed by atoms with Gasteiger partial charge in [0.1, 0.15) is 5.82 Å². The Morgan fingerprint density at radius 2 is 2.19 bits per heavy atom. The van der Waals surface area contributed by atoms with Gasteiger partial charge in [-0.05, 0) is 30.2 Å². The number of hydrogen-bond donors (Lipinski definition) is 1. The second-order valence-electron chi connectivity index (χ2n) is 3.72. The monoisotopic (exact) mass is 244 g/mol. The van der Waals surface area contributed by atoms with Gasteiger partial charge >= 0.3 is 0 Å². The molecular weight excluding hydrogens is 231 g/mol. The first kappa shape index (κ1) is 11.3. The van der Waals surface area contributed by atoms with Crippen molar-refractivity contribution in [2.24, 2.45) is 5.73 Å². The Bertz CT molecular complexity index is 502. The first-order chi connectivity index (χ1) is 7.54. The van der Waals surface area contributed by atoms with E-state index in [0.29, 0.717) is 24.2 Å². The number of anilines is 1. The van der Waals surface area contributed by atoms with Crippen LogP contribution in [0, 0.1) is 5.82 Å². The van der Waals surface area contributed by atoms with E-state index in [1.807, 2.05) is 0 Å². The van der Waals surface area contributed by atoms with E-state index in [-0.39, 0.29) is 12.3 Å². The number of halogens is 1. The molecule has 0 saturated carbocycles. The quantitative estimate of drug-likeness (QED) is 0.838. The minimum Gasteiger partial charge on any atom is -0.326 e. The zero-order valence-corrected chi connectivity index (χ0v) is 9.50. The number of benzene rings is 1. The summed E-state index contributed by atoms with van der Waals surface area (Å²) in [4.78, 5) is 0. The fourth-order valence-electron chi connectivity index (χ4n) is 1.87. The Morgan fingerprint density at radius 1 is 1.44 bits per heavy atom. The van der Waals surface area contributed by atoms with Crippen LogP contribution in [0.1, 0.15) is 12.0 Å². The molecular formula is C10H13FN2O2S. The minimum atomic E-state index is -3.23. The number of sulfonamides is 1. The first-order valence-electron chi connectivity index (χ1n) is 5.03. The van der Waals surface area contributed by atoms with Crippen LogP contribution >= 0.6 is 0 Å². The van der Waals surface area contributed by atoms with Crippen molar-refractivity contribution < 1.29 is 12.8 Å². The lowest BCUT2D eigenvalue weighted by Crippen LogP contribution is -2.26. The molecule has 0 aliphatic carbocycles. The van der Waals surface area contributed by atoms with E-state index in [9.17, 15) is 12.8 Å². The van der Waals surface area contributed by atoms with Gasteiger partial charge in [0.2, 0.25) is 10.0 Å². The minimum absolute atomic E-state index is 0.124. The fourth-order valence-corrected chi connectivity index (χ4v) is 3.47. The van der Waals surface area contributed by atoms with Crippen molar-refractivity contribution in [2.75, 3.05) is 16.6 Å². The molecule has 0 amide bonds. The average molecular weight is 244 g/mol. The van der Waals surface area contributed by atoms with Crippen LogP contribution in [0.3, 0.4) is 0 Å². The molecule has 2 N–H and O–H groups in total. The molecule has 0 atom stereocenters. The van der Waals surface area contributed by atoms with Gasteiger partial charge in [0.15, 0.2) is 0 Å². The molecule has 4 nitrogen and oxygen atoms in total. The highest BCUT2D eigenvalue weighted by Crippen LogP contribution is 2.27. The van der Waals surface area contributed by atoms with Crippen LogP contribution in [0.4, 0.5) is 10.1 Å². The van der Waals surface area contributed by atoms with Crippen molar-refractivity contribution in [1.29, 1.82) is 0 Å². The highest BCUT2D eigenvalue weighted by atomic mass is 32.2. The molecule has 1 saturated heterocycles. The second kappa shape index (κ2) is 4.03. The van der Waals surface area contributed by atoms with E-state index in [4.69, 9.17) is 5.73 Å². The molecule has 6 heteroatoms. The molecule has 1 aliphatic heterocycles. The van der Waals surface area contributed by atoms with Gasteiger partial charge in [0, 0.05) is 13.1 Å². The first-order valence-corrected chi connectivity index (χ1v) is 6.64. The standard InChI is InChI=1S/C10H13FN2O2S/c11-9-2-3-10(8(6-9)7-12)13-4-1-5-16(13,14)15/h2-3,6H,1,4-5,7,12H2. The van der Waals surface area contributed by atoms with Gasteiger partial charge in [-0.3, -0.25) is 4.31 Å². The van der Waals surface area contributed by atoms with Crippen LogP contribution in [-0.2, 0) is 16.6 Å². The van der Waals surface area contributed by atoms with Gasteiger partial charge in [-0.25, -0.2) is 12.8 Å². The smallest absolute Gasteiger partial charge is 0.235 e. The van der Waals surface area contributed by atoms with Gasteiger partial charge in [-0.1, -0.05) is 0 Å². The van der Waals surface area contributed by atoms with Crippen molar-refractivity contribution in [3.05, 3.63) is 29.6 Å². The van der Waals surface area contributed by atoms with Gasteiger partial charge in [-0.2, -0.15) is 0 Å². The van der Waals surface area contributed by atoms with E-state index in [2.05, 4.69) is 0 Å². The number of rotatable bonds is 2. The highest BCUT2D eigenvalue weighted by molar-refractivity contribution is 7.93. The molecule has 1 aliphatic rings. The highest BCUT2D eigenvalue weighted by Gasteiger charge is 2.29. The lowest BCUT2D eigenvalue weighted by molar-refractivity contribution is 0.599. The molecule has 0 aromatic heterocycles. The summed E-state index contributed by atoms with van der Waals surface area (Å²) in [5, 5.41) is 0. The zero-order chi connectivity index (χ0) is 11.8. The van der Waals surface area contributed by atoms with Gasteiger partial charge in [0.05, 0.1) is 11.4 Å². The maximum atomic E-state index is 13.0. The summed E-state index contributed by atoms with van der Waals surface area (Å²) < 4.78 is 37.7. The fraction of sp³-hybridized carbons (Fsp3) is 0.400. The van der Waals surface area contributed by atoms with Crippen molar-refractivity contribution in [3.8, 4) is 0 Å². The summed E-state index contributed by atoms with van der Waals surface area (Å²) in [6, 6.07) is 4.01. The Labute approximate surface area is 93.9 Å². The second-order valence-corrected chi connectivity index (χ2v) is 5.73. The summed E-state index contributed by atoms with van der Waals surface area (Å²) in [7, 11) is -3.23. The third kappa shape index (κ3) is 1.90. The summed E-state index contributed by atoms with van der Waals surface area (Å²) in [5.74, 6) is -0.255. The Kier molecular flexibility index (Phi) is 2.86. The van der Waals surface area contributed by atoms with E-state index in [0.717, 1.165) is 0 Å². The van der Waals surface area contributed by atoms with E-state index in [1.54, 1.807) is 0 Å². The van der Waals surface area contributed by atoms with Crippen molar-refractivity contribution in [2.45, 2.75) is 13.0 Å². The van der Waals surface area contributed by atoms with Crippen LogP contribution < -0.4 is 10.0 Å². The molecule has 1 fully saturated rings. The molecule has 1 aromatic carbocycles. The van der Waals surface area contributed by atoms with Crippen molar-refractivity contribution in [3.63, 3.8) is 0 Å². The molecule has 1 heterocycles. The molecule has 2 rings (SSSR count). The predicted molar refractivity (Wildman–Crippen MR) is 60.0 cm³/mol. The lowest BCUT2D eigenvalue weighted by atomic mass is 10.1. The predicted octanol–water partition coefficient (Wildman–Crippen LogP) is 0.824. The summed E-state index contributed by atoms with van der Waals surface area (Å²) in [5.41, 5.74) is 6.51. The van der Waals surface area contributed by atoms with E-state index in [1.165, 1.54) is 22.5 Å². The number of nitrogens with zero attached hydrogens (tertiary/aromatic N) is 1. The van der Waals surface area contributed by atoms with Gasteiger partial charge < -0.3 is 5.73 Å². The molecule has 0 radical (unpaired) electrons. The summed E-state index contributed by atoms with van der Waals surface area (Å²) >= 11 is 0. The molecule has 16 heavy (non-hydrogen) atoms. The Hall–Kier alpha value is -1.14. The molecule has 0 spiro atoms. The lowest BCUT2D eigenvalue weighted by Gasteiger charge is -2.19.